The molecule has 0 saturated carbocycles. The summed E-state index contributed by atoms with van der Waals surface area (Å²) in [6.45, 7) is 11.7. The monoisotopic (exact) mass is 260 g/mol. The summed E-state index contributed by atoms with van der Waals surface area (Å²) >= 11 is 0. The van der Waals surface area contributed by atoms with Gasteiger partial charge in [0.1, 0.15) is 0 Å². The Morgan fingerprint density at radius 2 is 1.06 bits per heavy atom. The summed E-state index contributed by atoms with van der Waals surface area (Å²) < 4.78 is 0. The van der Waals surface area contributed by atoms with Gasteiger partial charge in [0.15, 0.2) is 0 Å². The second kappa shape index (κ2) is 4.56. The average molecular weight is 260 g/mol. The Kier molecular flexibility index (Phi) is 4.22. The minimum absolute atomic E-state index is 0.324. The molecule has 0 radical (unpaired) electrons. The van der Waals surface area contributed by atoms with Crippen molar-refractivity contribution in [2.24, 2.45) is 11.5 Å². The van der Waals surface area contributed by atoms with Crippen LogP contribution in [0.4, 0.5) is 9.59 Å². The third kappa shape index (κ3) is 3.35. The second-order valence-corrected chi connectivity index (χ2v) is 11.2. The van der Waals surface area contributed by atoms with Crippen LogP contribution in [-0.4, -0.2) is 20.5 Å². The third-order valence-corrected chi connectivity index (χ3v) is 8.61. The van der Waals surface area contributed by atoms with Crippen LogP contribution in [-0.2, 0) is 0 Å². The molecular weight excluding hydrogens is 236 g/mol. The second-order valence-electron chi connectivity index (χ2n) is 6.23. The number of carbonyl (C=O) groups excluding carboxylic acids is 2. The first kappa shape index (κ1) is 15.8. The van der Waals surface area contributed by atoms with Crippen molar-refractivity contribution in [3.8, 4) is 0 Å². The molecule has 0 spiro atoms. The maximum absolute atomic E-state index is 11.2. The van der Waals surface area contributed by atoms with E-state index in [1.54, 1.807) is 0 Å². The Labute approximate surface area is 104 Å². The van der Waals surface area contributed by atoms with E-state index in [1.165, 1.54) is 0 Å². The summed E-state index contributed by atoms with van der Waals surface area (Å²) in [4.78, 5) is 28.0. The normalized spacial score (nSPS) is 13.1. The van der Waals surface area contributed by atoms with Gasteiger partial charge in [-0.05, 0) is 10.1 Å². The highest BCUT2D eigenvalue weighted by Crippen LogP contribution is 2.47. The van der Waals surface area contributed by atoms with Gasteiger partial charge in [0, 0.05) is 0 Å². The van der Waals surface area contributed by atoms with Crippen molar-refractivity contribution in [2.45, 2.75) is 51.6 Å². The standard InChI is InChI=1S/C10H24N4O2Si/c1-9(2,3)17(10(4,5)6,13-7(11)15)14-8(12)16/h1-6H3,(H3,11,13,15)(H3,12,14,16). The van der Waals surface area contributed by atoms with Crippen molar-refractivity contribution < 1.29 is 9.59 Å². The SMILES string of the molecule is CC(C)(C)[Si](NC(N)=O)(NC(N)=O)C(C)(C)C. The Balaban J connectivity index is 5.71. The Hall–Kier alpha value is -1.24. The van der Waals surface area contributed by atoms with Crippen LogP contribution in [0.1, 0.15) is 41.5 Å². The van der Waals surface area contributed by atoms with Crippen molar-refractivity contribution in [1.29, 1.82) is 0 Å². The van der Waals surface area contributed by atoms with Crippen LogP contribution in [0.2, 0.25) is 10.1 Å². The van der Waals surface area contributed by atoms with Gasteiger partial charge in [0.25, 0.3) is 8.40 Å². The highest BCUT2D eigenvalue weighted by molar-refractivity contribution is 6.84. The van der Waals surface area contributed by atoms with E-state index in [0.29, 0.717) is 0 Å². The lowest BCUT2D eigenvalue weighted by Gasteiger charge is -2.50. The molecule has 4 amide bonds. The zero-order valence-electron chi connectivity index (χ0n) is 11.5. The number of amides is 4. The van der Waals surface area contributed by atoms with E-state index in [1.807, 2.05) is 41.5 Å². The number of nitrogens with one attached hydrogen (secondary N) is 2. The Bertz CT molecular complexity index is 285. The molecule has 0 rings (SSSR count). The molecule has 0 aromatic heterocycles. The van der Waals surface area contributed by atoms with Crippen LogP contribution in [0.15, 0.2) is 0 Å². The van der Waals surface area contributed by atoms with Gasteiger partial charge in [-0.1, -0.05) is 41.5 Å². The summed E-state index contributed by atoms with van der Waals surface area (Å²) in [7, 11) is -2.77. The van der Waals surface area contributed by atoms with Gasteiger partial charge in [-0.2, -0.15) is 0 Å². The van der Waals surface area contributed by atoms with Gasteiger partial charge >= 0.3 is 12.1 Å². The molecule has 0 heterocycles. The molecule has 0 aliphatic rings. The van der Waals surface area contributed by atoms with Crippen molar-refractivity contribution in [3.63, 3.8) is 0 Å². The predicted octanol–water partition coefficient (Wildman–Crippen LogP) is 1.37. The fourth-order valence-electron chi connectivity index (χ4n) is 2.28. The van der Waals surface area contributed by atoms with Crippen molar-refractivity contribution in [1.82, 2.24) is 9.96 Å². The summed E-state index contributed by atoms with van der Waals surface area (Å²) in [5.41, 5.74) is 10.5. The molecule has 0 aromatic carbocycles. The number of carbonyl (C=O) groups is 2. The summed E-state index contributed by atoms with van der Waals surface area (Å²) in [5, 5.41) is -0.648. The maximum Gasteiger partial charge on any atom is 0.305 e. The molecule has 0 bridgehead atoms. The van der Waals surface area contributed by atoms with Gasteiger partial charge in [-0.25, -0.2) is 9.59 Å². The first-order valence-electron chi connectivity index (χ1n) is 5.49. The quantitative estimate of drug-likeness (QED) is 0.562. The van der Waals surface area contributed by atoms with E-state index in [-0.39, 0.29) is 10.1 Å². The molecule has 0 aliphatic carbocycles. The highest BCUT2D eigenvalue weighted by Gasteiger charge is 2.56. The van der Waals surface area contributed by atoms with Gasteiger partial charge in [-0.3, -0.25) is 0 Å². The summed E-state index contributed by atoms with van der Waals surface area (Å²) in [6.07, 6.45) is 0. The molecule has 0 saturated heterocycles. The minimum Gasteiger partial charge on any atom is -0.352 e. The molecular formula is C10H24N4O2Si. The van der Waals surface area contributed by atoms with Crippen LogP contribution < -0.4 is 21.4 Å². The van der Waals surface area contributed by atoms with Crippen LogP contribution in [0.25, 0.3) is 0 Å². The fraction of sp³-hybridized carbons (Fsp3) is 0.800. The van der Waals surface area contributed by atoms with Crippen LogP contribution in [0.3, 0.4) is 0 Å². The van der Waals surface area contributed by atoms with E-state index in [9.17, 15) is 9.59 Å². The lowest BCUT2D eigenvalue weighted by atomic mass is 10.2. The molecule has 0 fully saturated rings. The minimum atomic E-state index is -2.77. The van der Waals surface area contributed by atoms with E-state index < -0.39 is 20.5 Å². The molecule has 0 aliphatic heterocycles. The first-order valence-corrected chi connectivity index (χ1v) is 7.49. The molecule has 0 aromatic rings. The van der Waals surface area contributed by atoms with Crippen molar-refractivity contribution in [3.05, 3.63) is 0 Å². The van der Waals surface area contributed by atoms with Crippen LogP contribution in [0.5, 0.6) is 0 Å². The maximum atomic E-state index is 11.2. The van der Waals surface area contributed by atoms with Crippen LogP contribution >= 0.6 is 0 Å². The number of primary amides is 2. The predicted molar refractivity (Wildman–Crippen MR) is 70.6 cm³/mol. The van der Waals surface area contributed by atoms with E-state index >= 15 is 0 Å². The molecule has 0 unspecified atom stereocenters. The molecule has 6 nitrogen and oxygen atoms in total. The topological polar surface area (TPSA) is 110 Å². The molecule has 0 atom stereocenters. The van der Waals surface area contributed by atoms with Crippen molar-refractivity contribution in [2.75, 3.05) is 0 Å². The summed E-state index contributed by atoms with van der Waals surface area (Å²) in [5.74, 6) is 0. The molecule has 7 heteroatoms. The van der Waals surface area contributed by atoms with E-state index in [2.05, 4.69) is 9.96 Å². The summed E-state index contributed by atoms with van der Waals surface area (Å²) in [6, 6.07) is -1.29. The zero-order valence-corrected chi connectivity index (χ0v) is 12.5. The largest absolute Gasteiger partial charge is 0.352 e. The number of nitrogens with two attached hydrogens (primary N) is 2. The lowest BCUT2D eigenvalue weighted by molar-refractivity contribution is 0.249. The van der Waals surface area contributed by atoms with Crippen LogP contribution in [0, 0.1) is 0 Å². The zero-order chi connectivity index (χ0) is 14.1. The Morgan fingerprint density at radius 3 is 1.18 bits per heavy atom. The van der Waals surface area contributed by atoms with Crippen molar-refractivity contribution >= 4 is 20.5 Å². The number of urea groups is 2. The lowest BCUT2D eigenvalue weighted by Crippen LogP contribution is -2.76. The molecule has 6 N–H and O–H groups in total. The molecule has 17 heavy (non-hydrogen) atoms. The number of hydrogen-bond donors (Lipinski definition) is 4. The third-order valence-electron chi connectivity index (χ3n) is 2.87. The van der Waals surface area contributed by atoms with Gasteiger partial charge in [0.05, 0.1) is 0 Å². The first-order chi connectivity index (χ1) is 7.33. The fourth-order valence-corrected chi connectivity index (χ4v) is 6.83. The van der Waals surface area contributed by atoms with Gasteiger partial charge in [-0.15, -0.1) is 0 Å². The smallest absolute Gasteiger partial charge is 0.305 e. The average Bonchev–Trinajstić information content (AvgIpc) is 1.96. The highest BCUT2D eigenvalue weighted by atomic mass is 28.3. The molecule has 100 valence electrons. The number of rotatable bonds is 2. The van der Waals surface area contributed by atoms with Gasteiger partial charge in [0.2, 0.25) is 0 Å². The van der Waals surface area contributed by atoms with Gasteiger partial charge < -0.3 is 21.4 Å². The Morgan fingerprint density at radius 1 is 0.824 bits per heavy atom. The van der Waals surface area contributed by atoms with E-state index in [4.69, 9.17) is 11.5 Å². The number of hydrogen-bond acceptors (Lipinski definition) is 2. The van der Waals surface area contributed by atoms with E-state index in [0.717, 1.165) is 0 Å².